The number of nitrogens with one attached hydrogen (secondary N) is 1. The Bertz CT molecular complexity index is 885. The summed E-state index contributed by atoms with van der Waals surface area (Å²) in [7, 11) is 0. The number of nitrogens with zero attached hydrogens (tertiary/aromatic N) is 3. The Labute approximate surface area is 139 Å². The number of aromatic hydroxyl groups is 1. The largest absolute Gasteiger partial charge is 0.508 e. The van der Waals surface area contributed by atoms with Crippen molar-refractivity contribution in [1.29, 1.82) is 0 Å². The number of para-hydroxylation sites is 2. The molecule has 6 heteroatoms. The first-order valence-corrected chi connectivity index (χ1v) is 7.65. The van der Waals surface area contributed by atoms with E-state index in [0.717, 1.165) is 11.0 Å². The van der Waals surface area contributed by atoms with Crippen molar-refractivity contribution in [2.45, 2.75) is 13.5 Å². The molecule has 0 saturated carbocycles. The highest BCUT2D eigenvalue weighted by Gasteiger charge is 2.14. The molecule has 0 radical (unpaired) electrons. The van der Waals surface area contributed by atoms with E-state index in [1.54, 1.807) is 30.6 Å². The van der Waals surface area contributed by atoms with Gasteiger partial charge in [0.1, 0.15) is 5.75 Å². The van der Waals surface area contributed by atoms with Crippen molar-refractivity contribution >= 4 is 23.2 Å². The highest BCUT2D eigenvalue weighted by Crippen LogP contribution is 2.14. The van der Waals surface area contributed by atoms with E-state index in [1.165, 1.54) is 6.21 Å². The number of hydrazone groups is 1. The number of rotatable bonds is 5. The van der Waals surface area contributed by atoms with Gasteiger partial charge in [0.15, 0.2) is 0 Å². The van der Waals surface area contributed by atoms with Crippen LogP contribution in [0.15, 0.2) is 60.0 Å². The van der Waals surface area contributed by atoms with Gasteiger partial charge in [-0.05, 0) is 29.8 Å². The molecule has 0 aliphatic rings. The number of imidazole rings is 1. The van der Waals surface area contributed by atoms with Crippen molar-refractivity contribution in [3.63, 3.8) is 0 Å². The predicted molar refractivity (Wildman–Crippen MR) is 92.7 cm³/mol. The lowest BCUT2D eigenvalue weighted by molar-refractivity contribution is -0.124. The third-order valence-electron chi connectivity index (χ3n) is 3.70. The molecule has 0 spiro atoms. The first-order valence-electron chi connectivity index (χ1n) is 7.65. The van der Waals surface area contributed by atoms with Gasteiger partial charge in [-0.2, -0.15) is 5.10 Å². The van der Waals surface area contributed by atoms with Gasteiger partial charge in [0.05, 0.1) is 29.5 Å². The van der Waals surface area contributed by atoms with Crippen LogP contribution in [0.1, 0.15) is 12.5 Å². The average Bonchev–Trinajstić information content (AvgIpc) is 2.98. The molecule has 1 atom stereocenters. The quantitative estimate of drug-likeness (QED) is 0.559. The Balaban J connectivity index is 1.60. The molecule has 1 aromatic heterocycles. The van der Waals surface area contributed by atoms with E-state index in [4.69, 9.17) is 0 Å². The van der Waals surface area contributed by atoms with Gasteiger partial charge in [-0.25, -0.2) is 10.4 Å². The van der Waals surface area contributed by atoms with Gasteiger partial charge in [0.2, 0.25) is 5.91 Å². The van der Waals surface area contributed by atoms with Crippen LogP contribution in [-0.2, 0) is 11.3 Å². The molecular weight excluding hydrogens is 304 g/mol. The molecule has 1 unspecified atom stereocenters. The van der Waals surface area contributed by atoms with Crippen molar-refractivity contribution in [3.8, 4) is 5.75 Å². The van der Waals surface area contributed by atoms with Crippen LogP contribution in [0.5, 0.6) is 5.75 Å². The number of benzene rings is 2. The molecule has 0 fully saturated rings. The van der Waals surface area contributed by atoms with Gasteiger partial charge in [0, 0.05) is 6.54 Å². The summed E-state index contributed by atoms with van der Waals surface area (Å²) in [5, 5.41) is 13.3. The fourth-order valence-corrected chi connectivity index (χ4v) is 2.42. The summed E-state index contributed by atoms with van der Waals surface area (Å²) < 4.78 is 1.96. The zero-order chi connectivity index (χ0) is 16.9. The van der Waals surface area contributed by atoms with E-state index in [-0.39, 0.29) is 17.6 Å². The summed E-state index contributed by atoms with van der Waals surface area (Å²) in [4.78, 5) is 16.5. The van der Waals surface area contributed by atoms with Gasteiger partial charge in [0.25, 0.3) is 0 Å². The van der Waals surface area contributed by atoms with E-state index in [1.807, 2.05) is 35.8 Å². The second-order valence-electron chi connectivity index (χ2n) is 5.62. The molecule has 0 bridgehead atoms. The van der Waals surface area contributed by atoms with Crippen molar-refractivity contribution in [2.24, 2.45) is 11.0 Å². The van der Waals surface area contributed by atoms with Crippen LogP contribution < -0.4 is 5.43 Å². The highest BCUT2D eigenvalue weighted by molar-refractivity contribution is 5.83. The number of fused-ring (bicyclic) bond motifs is 1. The summed E-state index contributed by atoms with van der Waals surface area (Å²) in [6, 6.07) is 14.5. The van der Waals surface area contributed by atoms with E-state index < -0.39 is 0 Å². The molecule has 0 aliphatic heterocycles. The SMILES string of the molecule is CC(Cn1cnc2ccccc21)C(=O)N/N=C/c1cccc(O)c1. The maximum atomic E-state index is 12.2. The number of phenols is 1. The first kappa shape index (κ1) is 15.7. The van der Waals surface area contributed by atoms with Crippen LogP contribution in [0.25, 0.3) is 11.0 Å². The van der Waals surface area contributed by atoms with Crippen LogP contribution in [0.3, 0.4) is 0 Å². The minimum Gasteiger partial charge on any atom is -0.508 e. The molecule has 1 heterocycles. The number of carbonyl (C=O) groups is 1. The van der Waals surface area contributed by atoms with Gasteiger partial charge >= 0.3 is 0 Å². The minimum absolute atomic E-state index is 0.158. The monoisotopic (exact) mass is 322 g/mol. The topological polar surface area (TPSA) is 79.5 Å². The van der Waals surface area contributed by atoms with Gasteiger partial charge in [-0.15, -0.1) is 0 Å². The zero-order valence-electron chi connectivity index (χ0n) is 13.3. The molecule has 24 heavy (non-hydrogen) atoms. The second kappa shape index (κ2) is 6.95. The Kier molecular flexibility index (Phi) is 4.56. The number of hydrogen-bond acceptors (Lipinski definition) is 4. The highest BCUT2D eigenvalue weighted by atomic mass is 16.3. The standard InChI is InChI=1S/C18H18N4O2/c1-13(11-22-12-19-16-7-2-3-8-17(16)22)18(24)21-20-10-14-5-4-6-15(23)9-14/h2-10,12-13,23H,11H2,1H3,(H,21,24)/b20-10+. The summed E-state index contributed by atoms with van der Waals surface area (Å²) in [6.45, 7) is 2.36. The smallest absolute Gasteiger partial charge is 0.244 e. The lowest BCUT2D eigenvalue weighted by atomic mass is 10.1. The van der Waals surface area contributed by atoms with Crippen LogP contribution in [0.2, 0.25) is 0 Å². The van der Waals surface area contributed by atoms with Crippen molar-refractivity contribution in [2.75, 3.05) is 0 Å². The number of hydrogen-bond donors (Lipinski definition) is 2. The van der Waals surface area contributed by atoms with Crippen molar-refractivity contribution < 1.29 is 9.90 Å². The van der Waals surface area contributed by atoms with Crippen LogP contribution >= 0.6 is 0 Å². The fourth-order valence-electron chi connectivity index (χ4n) is 2.42. The van der Waals surface area contributed by atoms with E-state index in [2.05, 4.69) is 15.5 Å². The lowest BCUT2D eigenvalue weighted by Crippen LogP contribution is -2.27. The molecule has 0 aliphatic carbocycles. The minimum atomic E-state index is -0.260. The number of carbonyl (C=O) groups excluding carboxylic acids is 1. The molecule has 2 aromatic carbocycles. The summed E-state index contributed by atoms with van der Waals surface area (Å²) in [6.07, 6.45) is 3.24. The molecule has 0 saturated heterocycles. The molecule has 3 aromatic rings. The number of phenolic OH excluding ortho intramolecular Hbond substituents is 1. The lowest BCUT2D eigenvalue weighted by Gasteiger charge is -2.11. The Morgan fingerprint density at radius 1 is 1.33 bits per heavy atom. The van der Waals surface area contributed by atoms with Crippen LogP contribution in [0.4, 0.5) is 0 Å². The van der Waals surface area contributed by atoms with Crippen molar-refractivity contribution in [1.82, 2.24) is 15.0 Å². The van der Waals surface area contributed by atoms with Crippen LogP contribution in [-0.4, -0.2) is 26.8 Å². The van der Waals surface area contributed by atoms with Gasteiger partial charge in [-0.3, -0.25) is 4.79 Å². The Hall–Kier alpha value is -3.15. The van der Waals surface area contributed by atoms with E-state index >= 15 is 0 Å². The van der Waals surface area contributed by atoms with E-state index in [0.29, 0.717) is 12.1 Å². The second-order valence-corrected chi connectivity index (χ2v) is 5.62. The Morgan fingerprint density at radius 2 is 2.17 bits per heavy atom. The maximum Gasteiger partial charge on any atom is 0.244 e. The summed E-state index contributed by atoms with van der Waals surface area (Å²) >= 11 is 0. The summed E-state index contributed by atoms with van der Waals surface area (Å²) in [5.41, 5.74) is 5.15. The fraction of sp³-hybridized carbons (Fsp3) is 0.167. The molecule has 6 nitrogen and oxygen atoms in total. The number of aromatic nitrogens is 2. The predicted octanol–water partition coefficient (Wildman–Crippen LogP) is 2.53. The molecule has 2 N–H and O–H groups in total. The third kappa shape index (κ3) is 3.60. The van der Waals surface area contributed by atoms with Crippen LogP contribution in [0, 0.1) is 5.92 Å². The zero-order valence-corrected chi connectivity index (χ0v) is 13.3. The average molecular weight is 322 g/mol. The number of amides is 1. The van der Waals surface area contributed by atoms with Gasteiger partial charge < -0.3 is 9.67 Å². The van der Waals surface area contributed by atoms with Crippen molar-refractivity contribution in [3.05, 3.63) is 60.4 Å². The molecule has 122 valence electrons. The summed E-state index contributed by atoms with van der Waals surface area (Å²) in [5.74, 6) is -0.279. The van der Waals surface area contributed by atoms with Gasteiger partial charge in [-0.1, -0.05) is 31.2 Å². The maximum absolute atomic E-state index is 12.2. The Morgan fingerprint density at radius 3 is 3.00 bits per heavy atom. The van der Waals surface area contributed by atoms with E-state index in [9.17, 15) is 9.90 Å². The third-order valence-corrected chi connectivity index (χ3v) is 3.70. The normalized spacial score (nSPS) is 12.5. The molecular formula is C18H18N4O2. The molecule has 3 rings (SSSR count). The first-order chi connectivity index (χ1) is 11.6. The molecule has 1 amide bonds.